The van der Waals surface area contributed by atoms with Gasteiger partial charge in [0, 0.05) is 15.8 Å². The number of H-pyrrole nitrogens is 2. The number of fused-ring (bicyclic) bond motifs is 3. The molecule has 1 aromatic carbocycles. The van der Waals surface area contributed by atoms with Gasteiger partial charge in [-0.1, -0.05) is 22.4 Å². The molecule has 1 fully saturated rings. The Morgan fingerprint density at radius 3 is 2.74 bits per heavy atom. The highest BCUT2D eigenvalue weighted by Gasteiger charge is 2.25. The number of rotatable bonds is 1. The summed E-state index contributed by atoms with van der Waals surface area (Å²) in [4.78, 5) is 22.2. The molecule has 0 unspecified atom stereocenters. The SMILES string of the molecule is O=c1[nH]c2c(C3CCC3)nc3ccc(Br)cc3c2[nH]1. The van der Waals surface area contributed by atoms with Crippen LogP contribution in [0.2, 0.25) is 0 Å². The maximum atomic E-state index is 11.6. The van der Waals surface area contributed by atoms with Crippen LogP contribution in [0.1, 0.15) is 30.9 Å². The zero-order chi connectivity index (χ0) is 13.0. The average molecular weight is 318 g/mol. The molecule has 5 heteroatoms. The van der Waals surface area contributed by atoms with Crippen LogP contribution in [0.4, 0.5) is 0 Å². The Morgan fingerprint density at radius 2 is 2.00 bits per heavy atom. The van der Waals surface area contributed by atoms with E-state index in [0.717, 1.165) is 44.9 Å². The smallest absolute Gasteiger partial charge is 0.305 e. The first-order chi connectivity index (χ1) is 9.22. The van der Waals surface area contributed by atoms with Crippen LogP contribution in [-0.2, 0) is 0 Å². The fourth-order valence-corrected chi connectivity index (χ4v) is 3.11. The number of aromatic amines is 2. The van der Waals surface area contributed by atoms with E-state index in [4.69, 9.17) is 4.98 Å². The number of pyridine rings is 1. The van der Waals surface area contributed by atoms with Crippen molar-refractivity contribution in [3.63, 3.8) is 0 Å². The Morgan fingerprint density at radius 1 is 1.21 bits per heavy atom. The molecule has 0 saturated heterocycles. The molecule has 1 saturated carbocycles. The van der Waals surface area contributed by atoms with Crippen LogP contribution in [-0.4, -0.2) is 15.0 Å². The van der Waals surface area contributed by atoms with Gasteiger partial charge < -0.3 is 9.97 Å². The molecule has 0 atom stereocenters. The molecule has 2 aromatic heterocycles. The summed E-state index contributed by atoms with van der Waals surface area (Å²) in [7, 11) is 0. The monoisotopic (exact) mass is 317 g/mol. The number of benzene rings is 1. The first-order valence-corrected chi connectivity index (χ1v) is 7.23. The van der Waals surface area contributed by atoms with Crippen LogP contribution in [0.5, 0.6) is 0 Å². The average Bonchev–Trinajstić information content (AvgIpc) is 2.70. The number of aromatic nitrogens is 3. The number of imidazole rings is 1. The van der Waals surface area contributed by atoms with Gasteiger partial charge in [0.15, 0.2) is 0 Å². The molecule has 1 aliphatic rings. The molecule has 2 N–H and O–H groups in total. The van der Waals surface area contributed by atoms with E-state index >= 15 is 0 Å². The highest BCUT2D eigenvalue weighted by atomic mass is 79.9. The van der Waals surface area contributed by atoms with Crippen molar-refractivity contribution < 1.29 is 0 Å². The fourth-order valence-electron chi connectivity index (χ4n) is 2.75. The summed E-state index contributed by atoms with van der Waals surface area (Å²) in [6.45, 7) is 0. The van der Waals surface area contributed by atoms with Crippen LogP contribution < -0.4 is 5.69 Å². The summed E-state index contributed by atoms with van der Waals surface area (Å²) in [6.07, 6.45) is 3.58. The molecule has 4 nitrogen and oxygen atoms in total. The third-order valence-electron chi connectivity index (χ3n) is 3.94. The molecule has 2 heterocycles. The summed E-state index contributed by atoms with van der Waals surface area (Å²) in [5.74, 6) is 0.488. The Hall–Kier alpha value is -1.62. The summed E-state index contributed by atoms with van der Waals surface area (Å²) in [6, 6.07) is 5.97. The van der Waals surface area contributed by atoms with Gasteiger partial charge >= 0.3 is 5.69 Å². The second kappa shape index (κ2) is 3.93. The quantitative estimate of drug-likeness (QED) is 0.722. The number of halogens is 1. The zero-order valence-corrected chi connectivity index (χ0v) is 11.8. The van der Waals surface area contributed by atoms with E-state index < -0.39 is 0 Å². The van der Waals surface area contributed by atoms with E-state index in [9.17, 15) is 4.79 Å². The maximum Gasteiger partial charge on any atom is 0.323 e. The Balaban J connectivity index is 2.15. The van der Waals surface area contributed by atoms with Gasteiger partial charge in [0.1, 0.15) is 0 Å². The van der Waals surface area contributed by atoms with Gasteiger partial charge in [-0.05, 0) is 31.0 Å². The van der Waals surface area contributed by atoms with E-state index in [0.29, 0.717) is 5.92 Å². The fraction of sp³-hybridized carbons (Fsp3) is 0.286. The summed E-state index contributed by atoms with van der Waals surface area (Å²) >= 11 is 3.47. The molecule has 0 spiro atoms. The predicted octanol–water partition coefficient (Wildman–Crippen LogP) is 3.43. The number of hydrogen-bond donors (Lipinski definition) is 2. The normalized spacial score (nSPS) is 16.1. The topological polar surface area (TPSA) is 61.5 Å². The minimum Gasteiger partial charge on any atom is -0.305 e. The van der Waals surface area contributed by atoms with Crippen LogP contribution in [0.25, 0.3) is 21.9 Å². The molecule has 0 amide bonds. The molecule has 3 aromatic rings. The lowest BCUT2D eigenvalue weighted by Gasteiger charge is -2.25. The molecular formula is C14H12BrN3O. The molecule has 0 aliphatic heterocycles. The summed E-state index contributed by atoms with van der Waals surface area (Å²) in [5, 5.41) is 0.978. The third kappa shape index (κ3) is 1.64. The minimum absolute atomic E-state index is 0.162. The number of nitrogens with zero attached hydrogens (tertiary/aromatic N) is 1. The highest BCUT2D eigenvalue weighted by Crippen LogP contribution is 2.39. The summed E-state index contributed by atoms with van der Waals surface area (Å²) < 4.78 is 0.988. The van der Waals surface area contributed by atoms with Gasteiger partial charge in [0.25, 0.3) is 0 Å². The van der Waals surface area contributed by atoms with E-state index in [1.807, 2.05) is 18.2 Å². The van der Waals surface area contributed by atoms with Gasteiger partial charge in [0.05, 0.1) is 22.2 Å². The van der Waals surface area contributed by atoms with Crippen molar-refractivity contribution in [3.8, 4) is 0 Å². The molecule has 0 radical (unpaired) electrons. The van der Waals surface area contributed by atoms with Crippen molar-refractivity contribution in [1.82, 2.24) is 15.0 Å². The van der Waals surface area contributed by atoms with Gasteiger partial charge in [-0.15, -0.1) is 0 Å². The molecule has 96 valence electrons. The van der Waals surface area contributed by atoms with Gasteiger partial charge in [-0.25, -0.2) is 4.79 Å². The lowest BCUT2D eigenvalue weighted by Crippen LogP contribution is -2.11. The molecule has 0 bridgehead atoms. The maximum absolute atomic E-state index is 11.6. The van der Waals surface area contributed by atoms with Gasteiger partial charge in [0.2, 0.25) is 0 Å². The Kier molecular flexibility index (Phi) is 2.33. The first-order valence-electron chi connectivity index (χ1n) is 6.43. The zero-order valence-electron chi connectivity index (χ0n) is 10.2. The second-order valence-corrected chi connectivity index (χ2v) is 6.03. The van der Waals surface area contributed by atoms with Crippen molar-refractivity contribution in [2.24, 2.45) is 0 Å². The number of hydrogen-bond acceptors (Lipinski definition) is 2. The van der Waals surface area contributed by atoms with E-state index in [1.54, 1.807) is 0 Å². The Labute approximate surface area is 117 Å². The Bertz CT molecular complexity index is 845. The van der Waals surface area contributed by atoms with Gasteiger partial charge in [-0.3, -0.25) is 4.98 Å². The third-order valence-corrected chi connectivity index (χ3v) is 4.44. The van der Waals surface area contributed by atoms with Crippen LogP contribution >= 0.6 is 15.9 Å². The minimum atomic E-state index is -0.162. The first kappa shape index (κ1) is 11.2. The largest absolute Gasteiger partial charge is 0.323 e. The van der Waals surface area contributed by atoms with Crippen molar-refractivity contribution >= 4 is 37.9 Å². The lowest BCUT2D eigenvalue weighted by molar-refractivity contribution is 0.414. The van der Waals surface area contributed by atoms with Crippen molar-refractivity contribution in [2.75, 3.05) is 0 Å². The van der Waals surface area contributed by atoms with Crippen molar-refractivity contribution in [2.45, 2.75) is 25.2 Å². The van der Waals surface area contributed by atoms with Crippen molar-refractivity contribution in [1.29, 1.82) is 0 Å². The lowest BCUT2D eigenvalue weighted by atomic mass is 9.82. The number of nitrogens with one attached hydrogen (secondary N) is 2. The van der Waals surface area contributed by atoms with Crippen LogP contribution in [0.15, 0.2) is 27.5 Å². The molecule has 4 rings (SSSR count). The van der Waals surface area contributed by atoms with E-state index in [1.165, 1.54) is 6.42 Å². The second-order valence-electron chi connectivity index (χ2n) is 5.12. The van der Waals surface area contributed by atoms with E-state index in [2.05, 4.69) is 25.9 Å². The van der Waals surface area contributed by atoms with Gasteiger partial charge in [-0.2, -0.15) is 0 Å². The summed E-state index contributed by atoms with van der Waals surface area (Å²) in [5.41, 5.74) is 3.56. The van der Waals surface area contributed by atoms with Crippen LogP contribution in [0.3, 0.4) is 0 Å². The van der Waals surface area contributed by atoms with E-state index in [-0.39, 0.29) is 5.69 Å². The predicted molar refractivity (Wildman–Crippen MR) is 78.5 cm³/mol. The highest BCUT2D eigenvalue weighted by molar-refractivity contribution is 9.10. The molecule has 1 aliphatic carbocycles. The molecular weight excluding hydrogens is 306 g/mol. The standard InChI is InChI=1S/C14H12BrN3O/c15-8-4-5-10-9(6-8)12-13(18-14(19)17-12)11(16-10)7-2-1-3-7/h4-7H,1-3H2,(H2,17,18,19). The van der Waals surface area contributed by atoms with Crippen molar-refractivity contribution in [3.05, 3.63) is 38.9 Å². The van der Waals surface area contributed by atoms with Crippen LogP contribution in [0, 0.1) is 0 Å². The molecule has 19 heavy (non-hydrogen) atoms.